The van der Waals surface area contributed by atoms with Crippen LogP contribution in [0.4, 0.5) is 0 Å². The Morgan fingerprint density at radius 2 is 0.880 bits per heavy atom. The van der Waals surface area contributed by atoms with E-state index in [0.717, 1.165) is 55.9 Å². The summed E-state index contributed by atoms with van der Waals surface area (Å²) in [4.78, 5) is 18.8. The minimum Gasteiger partial charge on any atom is -0.264 e. The maximum atomic E-state index is 5.11. The van der Waals surface area contributed by atoms with Crippen LogP contribution in [0.3, 0.4) is 0 Å². The molecule has 0 fully saturated rings. The number of rotatable bonds is 6. The van der Waals surface area contributed by atoms with E-state index in [0.29, 0.717) is 5.82 Å². The molecular formula is C46H30N4. The van der Waals surface area contributed by atoms with Gasteiger partial charge in [0.1, 0.15) is 0 Å². The molecule has 0 spiro atoms. The molecule has 9 aromatic rings. The molecule has 0 saturated carbocycles. The van der Waals surface area contributed by atoms with Crippen LogP contribution in [0.5, 0.6) is 0 Å². The molecule has 0 aliphatic carbocycles. The van der Waals surface area contributed by atoms with E-state index in [1.807, 2.05) is 36.7 Å². The summed E-state index contributed by atoms with van der Waals surface area (Å²) >= 11 is 0. The Morgan fingerprint density at radius 3 is 1.60 bits per heavy atom. The molecule has 0 aliphatic heterocycles. The van der Waals surface area contributed by atoms with Gasteiger partial charge in [0.2, 0.25) is 0 Å². The van der Waals surface area contributed by atoms with Gasteiger partial charge in [-0.05, 0) is 85.8 Å². The van der Waals surface area contributed by atoms with Crippen molar-refractivity contribution in [3.8, 4) is 67.3 Å². The highest BCUT2D eigenvalue weighted by atomic mass is 14.9. The van der Waals surface area contributed by atoms with Crippen LogP contribution in [0.1, 0.15) is 0 Å². The Hall–Kier alpha value is -6.78. The largest absolute Gasteiger partial charge is 0.264 e. The predicted octanol–water partition coefficient (Wildman–Crippen LogP) is 11.6. The highest BCUT2D eigenvalue weighted by Gasteiger charge is 2.13. The Bertz CT molecular complexity index is 2620. The molecule has 4 heteroatoms. The van der Waals surface area contributed by atoms with Crippen LogP contribution in [-0.4, -0.2) is 19.9 Å². The van der Waals surface area contributed by atoms with Gasteiger partial charge >= 0.3 is 0 Å². The molecule has 3 heterocycles. The molecule has 0 unspecified atom stereocenters. The van der Waals surface area contributed by atoms with Gasteiger partial charge in [-0.15, -0.1) is 0 Å². The van der Waals surface area contributed by atoms with Crippen LogP contribution in [0, 0.1) is 0 Å². The monoisotopic (exact) mass is 638 g/mol. The molecule has 4 nitrogen and oxygen atoms in total. The van der Waals surface area contributed by atoms with Crippen molar-refractivity contribution in [2.45, 2.75) is 0 Å². The molecule has 6 aromatic carbocycles. The fraction of sp³-hybridized carbons (Fsp3) is 0. The van der Waals surface area contributed by atoms with E-state index >= 15 is 0 Å². The molecule has 0 bridgehead atoms. The zero-order valence-corrected chi connectivity index (χ0v) is 27.1. The normalized spacial score (nSPS) is 11.2. The zero-order chi connectivity index (χ0) is 33.3. The van der Waals surface area contributed by atoms with Crippen molar-refractivity contribution in [1.82, 2.24) is 19.9 Å². The summed E-state index contributed by atoms with van der Waals surface area (Å²) in [6.45, 7) is 0. The quantitative estimate of drug-likeness (QED) is 0.170. The standard InChI is InChI=1S/C46H30N4/c1-2-13-40-37(8-1)27-43(42-15-4-3-14-41(40)42)32-18-22-34(23-19-32)46-49-44(28-45(50-46)39-12-7-25-48-30-39)33-20-16-31(17-21-33)35-9-5-10-36(26-35)38-11-6-24-47-29-38/h1-30H. The fourth-order valence-corrected chi connectivity index (χ4v) is 6.72. The summed E-state index contributed by atoms with van der Waals surface area (Å²) in [6.07, 6.45) is 7.33. The van der Waals surface area contributed by atoms with Crippen molar-refractivity contribution in [2.75, 3.05) is 0 Å². The lowest BCUT2D eigenvalue weighted by atomic mass is 9.93. The first-order chi connectivity index (χ1) is 24.8. The van der Waals surface area contributed by atoms with E-state index in [9.17, 15) is 0 Å². The van der Waals surface area contributed by atoms with Crippen molar-refractivity contribution < 1.29 is 0 Å². The van der Waals surface area contributed by atoms with Gasteiger partial charge < -0.3 is 0 Å². The van der Waals surface area contributed by atoms with Gasteiger partial charge in [0.15, 0.2) is 5.82 Å². The van der Waals surface area contributed by atoms with Crippen LogP contribution in [0.2, 0.25) is 0 Å². The summed E-state index contributed by atoms with van der Waals surface area (Å²) in [5.41, 5.74) is 11.5. The molecule has 0 radical (unpaired) electrons. The van der Waals surface area contributed by atoms with Gasteiger partial charge in [-0.3, -0.25) is 9.97 Å². The molecule has 0 aliphatic rings. The van der Waals surface area contributed by atoms with Gasteiger partial charge in [-0.2, -0.15) is 0 Å². The predicted molar refractivity (Wildman–Crippen MR) is 205 cm³/mol. The Morgan fingerprint density at radius 1 is 0.320 bits per heavy atom. The van der Waals surface area contributed by atoms with Crippen LogP contribution in [-0.2, 0) is 0 Å². The maximum absolute atomic E-state index is 5.11. The molecule has 3 aromatic heterocycles. The summed E-state index contributed by atoms with van der Waals surface area (Å²) < 4.78 is 0. The number of hydrogen-bond donors (Lipinski definition) is 0. The molecule has 0 saturated heterocycles. The molecule has 0 amide bonds. The Labute approximate surface area is 290 Å². The second kappa shape index (κ2) is 12.7. The van der Waals surface area contributed by atoms with Crippen molar-refractivity contribution in [3.63, 3.8) is 0 Å². The third kappa shape index (κ3) is 5.59. The first-order valence-electron chi connectivity index (χ1n) is 16.7. The van der Waals surface area contributed by atoms with Gasteiger partial charge in [0, 0.05) is 47.0 Å². The molecular weight excluding hydrogens is 609 g/mol. The second-order valence-electron chi connectivity index (χ2n) is 12.4. The van der Waals surface area contributed by atoms with Gasteiger partial charge in [0.25, 0.3) is 0 Å². The summed E-state index contributed by atoms with van der Waals surface area (Å²) in [7, 11) is 0. The number of benzene rings is 6. The zero-order valence-electron chi connectivity index (χ0n) is 27.1. The average molecular weight is 639 g/mol. The fourth-order valence-electron chi connectivity index (χ4n) is 6.72. The van der Waals surface area contributed by atoms with E-state index < -0.39 is 0 Å². The second-order valence-corrected chi connectivity index (χ2v) is 12.4. The number of pyridine rings is 2. The number of nitrogens with zero attached hydrogens (tertiary/aromatic N) is 4. The topological polar surface area (TPSA) is 51.6 Å². The molecule has 9 rings (SSSR count). The van der Waals surface area contributed by atoms with Crippen molar-refractivity contribution in [1.29, 1.82) is 0 Å². The first-order valence-corrected chi connectivity index (χ1v) is 16.7. The van der Waals surface area contributed by atoms with E-state index in [1.54, 1.807) is 12.4 Å². The average Bonchev–Trinajstić information content (AvgIpc) is 3.21. The lowest BCUT2D eigenvalue weighted by molar-refractivity contribution is 1.18. The maximum Gasteiger partial charge on any atom is 0.160 e. The van der Waals surface area contributed by atoms with E-state index in [-0.39, 0.29) is 0 Å². The van der Waals surface area contributed by atoms with E-state index in [4.69, 9.17) is 9.97 Å². The number of hydrogen-bond acceptors (Lipinski definition) is 4. The Balaban J connectivity index is 1.09. The van der Waals surface area contributed by atoms with Gasteiger partial charge in [-0.25, -0.2) is 9.97 Å². The lowest BCUT2D eigenvalue weighted by Crippen LogP contribution is -1.96. The van der Waals surface area contributed by atoms with Crippen LogP contribution in [0.25, 0.3) is 88.8 Å². The van der Waals surface area contributed by atoms with E-state index in [1.165, 1.54) is 27.1 Å². The number of fused-ring (bicyclic) bond motifs is 3. The summed E-state index contributed by atoms with van der Waals surface area (Å²) in [6, 6.07) is 55.4. The van der Waals surface area contributed by atoms with Crippen LogP contribution in [0.15, 0.2) is 183 Å². The minimum atomic E-state index is 0.671. The van der Waals surface area contributed by atoms with Crippen LogP contribution >= 0.6 is 0 Å². The highest BCUT2D eigenvalue weighted by molar-refractivity contribution is 6.13. The highest BCUT2D eigenvalue weighted by Crippen LogP contribution is 2.36. The minimum absolute atomic E-state index is 0.671. The first kappa shape index (κ1) is 29.4. The van der Waals surface area contributed by atoms with Crippen LogP contribution < -0.4 is 0 Å². The van der Waals surface area contributed by atoms with E-state index in [2.05, 4.69) is 143 Å². The molecule has 0 atom stereocenters. The van der Waals surface area contributed by atoms with Crippen molar-refractivity contribution in [3.05, 3.63) is 183 Å². The Kier molecular flexibility index (Phi) is 7.45. The van der Waals surface area contributed by atoms with Gasteiger partial charge in [0.05, 0.1) is 11.4 Å². The molecule has 234 valence electrons. The van der Waals surface area contributed by atoms with Gasteiger partial charge in [-0.1, -0.05) is 121 Å². The third-order valence-corrected chi connectivity index (χ3v) is 9.28. The molecule has 0 N–H and O–H groups in total. The van der Waals surface area contributed by atoms with Crippen molar-refractivity contribution >= 4 is 21.5 Å². The lowest BCUT2D eigenvalue weighted by Gasteiger charge is -2.12. The summed E-state index contributed by atoms with van der Waals surface area (Å²) in [5, 5.41) is 5.00. The number of aromatic nitrogens is 4. The third-order valence-electron chi connectivity index (χ3n) is 9.28. The SMILES string of the molecule is c1cncc(-c2cccc(-c3ccc(-c4cc(-c5cccnc5)nc(-c5ccc(-c6cc7ccccc7c7ccccc67)cc5)n4)cc3)c2)c1. The smallest absolute Gasteiger partial charge is 0.160 e. The van der Waals surface area contributed by atoms with Crippen molar-refractivity contribution in [2.24, 2.45) is 0 Å². The summed E-state index contributed by atoms with van der Waals surface area (Å²) in [5.74, 6) is 0.671. The molecule has 50 heavy (non-hydrogen) atoms.